The van der Waals surface area contributed by atoms with Crippen LogP contribution >= 0.6 is 0 Å². The van der Waals surface area contributed by atoms with Gasteiger partial charge < -0.3 is 9.47 Å². The van der Waals surface area contributed by atoms with Gasteiger partial charge in [0.25, 0.3) is 0 Å². The Kier molecular flexibility index (Phi) is 3.69. The van der Waals surface area contributed by atoms with Crippen LogP contribution in [-0.2, 0) is 14.3 Å². The second-order valence-electron chi connectivity index (χ2n) is 3.56. The Bertz CT molecular complexity index is 182. The first-order valence-corrected chi connectivity index (χ1v) is 4.59. The Morgan fingerprint density at radius 1 is 1.62 bits per heavy atom. The van der Waals surface area contributed by atoms with Gasteiger partial charge in [-0.15, -0.1) is 0 Å². The molecule has 4 heteroatoms. The predicted molar refractivity (Wildman–Crippen MR) is 48.5 cm³/mol. The zero-order valence-electron chi connectivity index (χ0n) is 8.45. The third kappa shape index (κ3) is 2.97. The molecule has 0 aromatic heterocycles. The lowest BCUT2D eigenvalue weighted by Crippen LogP contribution is -2.48. The van der Waals surface area contributed by atoms with Gasteiger partial charge in [-0.2, -0.15) is 0 Å². The van der Waals surface area contributed by atoms with Crippen molar-refractivity contribution in [3.63, 3.8) is 0 Å². The highest BCUT2D eigenvalue weighted by Gasteiger charge is 2.28. The normalized spacial score (nSPS) is 24.8. The van der Waals surface area contributed by atoms with Crippen molar-refractivity contribution < 1.29 is 14.3 Å². The maximum absolute atomic E-state index is 11.5. The predicted octanol–water partition coefficient (Wildman–Crippen LogP) is 0.269. The molecule has 1 atom stereocenters. The number of esters is 1. The molecule has 76 valence electrons. The number of hydrogen-bond acceptors (Lipinski definition) is 4. The second-order valence-corrected chi connectivity index (χ2v) is 3.56. The molecule has 0 aromatic rings. The molecule has 0 N–H and O–H groups in total. The van der Waals surface area contributed by atoms with Gasteiger partial charge in [-0.1, -0.05) is 0 Å². The zero-order chi connectivity index (χ0) is 9.84. The molecule has 1 rings (SSSR count). The van der Waals surface area contributed by atoms with E-state index in [0.29, 0.717) is 13.2 Å². The molecule has 4 nitrogen and oxygen atoms in total. The van der Waals surface area contributed by atoms with Crippen LogP contribution in [0.1, 0.15) is 13.8 Å². The molecule has 1 aliphatic rings. The Labute approximate surface area is 78.8 Å². The third-order valence-corrected chi connectivity index (χ3v) is 2.02. The lowest BCUT2D eigenvalue weighted by atomic mass is 10.2. The number of carbonyl (C=O) groups is 1. The van der Waals surface area contributed by atoms with E-state index in [-0.39, 0.29) is 18.1 Å². The summed E-state index contributed by atoms with van der Waals surface area (Å²) in [6, 6.07) is -0.226. The van der Waals surface area contributed by atoms with Crippen LogP contribution in [0, 0.1) is 0 Å². The third-order valence-electron chi connectivity index (χ3n) is 2.02. The summed E-state index contributed by atoms with van der Waals surface area (Å²) < 4.78 is 10.3. The summed E-state index contributed by atoms with van der Waals surface area (Å²) in [6.07, 6.45) is -0.0529. The van der Waals surface area contributed by atoms with Crippen molar-refractivity contribution in [1.29, 1.82) is 0 Å². The number of carbonyl (C=O) groups excluding carboxylic acids is 1. The lowest BCUT2D eigenvalue weighted by molar-refractivity contribution is -0.158. The van der Waals surface area contributed by atoms with E-state index >= 15 is 0 Å². The summed E-state index contributed by atoms with van der Waals surface area (Å²) in [5.74, 6) is -0.183. The number of likely N-dealkylation sites (N-methyl/N-ethyl adjacent to an activating group) is 1. The maximum atomic E-state index is 11.5. The fourth-order valence-electron chi connectivity index (χ4n) is 1.25. The molecule has 1 heterocycles. The van der Waals surface area contributed by atoms with Gasteiger partial charge in [0.1, 0.15) is 6.04 Å². The lowest BCUT2D eigenvalue weighted by Gasteiger charge is -2.30. The van der Waals surface area contributed by atoms with E-state index in [4.69, 9.17) is 9.47 Å². The minimum atomic E-state index is -0.226. The summed E-state index contributed by atoms with van der Waals surface area (Å²) in [4.78, 5) is 13.4. The number of hydrogen-bond donors (Lipinski definition) is 0. The molecule has 1 aliphatic heterocycles. The topological polar surface area (TPSA) is 38.8 Å². The fourth-order valence-corrected chi connectivity index (χ4v) is 1.25. The van der Waals surface area contributed by atoms with Crippen molar-refractivity contribution in [3.8, 4) is 0 Å². The minimum absolute atomic E-state index is 0.0529. The molecule has 1 saturated heterocycles. The summed E-state index contributed by atoms with van der Waals surface area (Å²) in [5.41, 5.74) is 0. The Hall–Kier alpha value is -0.610. The number of rotatable bonds is 2. The monoisotopic (exact) mass is 187 g/mol. The first-order chi connectivity index (χ1) is 6.11. The standard InChI is InChI=1S/C9H17NO3/c1-7(2)13-9(11)8-6-12-5-4-10(8)3/h7-8H,4-6H2,1-3H3. The van der Waals surface area contributed by atoms with Crippen molar-refractivity contribution in [2.75, 3.05) is 26.8 Å². The Morgan fingerprint density at radius 3 is 2.85 bits per heavy atom. The van der Waals surface area contributed by atoms with E-state index in [1.165, 1.54) is 0 Å². The molecule has 0 saturated carbocycles. The Balaban J connectivity index is 2.44. The van der Waals surface area contributed by atoms with Gasteiger partial charge in [0.15, 0.2) is 0 Å². The van der Waals surface area contributed by atoms with E-state index in [0.717, 1.165) is 6.54 Å². The van der Waals surface area contributed by atoms with Crippen molar-refractivity contribution in [2.24, 2.45) is 0 Å². The van der Waals surface area contributed by atoms with Gasteiger partial charge in [0.05, 0.1) is 19.3 Å². The summed E-state index contributed by atoms with van der Waals surface area (Å²) in [5, 5.41) is 0. The van der Waals surface area contributed by atoms with Crippen LogP contribution in [0.25, 0.3) is 0 Å². The minimum Gasteiger partial charge on any atom is -0.462 e. The summed E-state index contributed by atoms with van der Waals surface area (Å²) in [6.45, 7) is 5.63. The summed E-state index contributed by atoms with van der Waals surface area (Å²) >= 11 is 0. The molecular weight excluding hydrogens is 170 g/mol. The Morgan fingerprint density at radius 2 is 2.31 bits per heavy atom. The summed E-state index contributed by atoms with van der Waals surface area (Å²) in [7, 11) is 1.91. The van der Waals surface area contributed by atoms with E-state index in [2.05, 4.69) is 0 Å². The smallest absolute Gasteiger partial charge is 0.326 e. The van der Waals surface area contributed by atoms with Crippen LogP contribution in [0.5, 0.6) is 0 Å². The number of morpholine rings is 1. The molecule has 0 radical (unpaired) electrons. The quantitative estimate of drug-likeness (QED) is 0.582. The van der Waals surface area contributed by atoms with Gasteiger partial charge in [-0.25, -0.2) is 0 Å². The average Bonchev–Trinajstić information content (AvgIpc) is 2.03. The zero-order valence-corrected chi connectivity index (χ0v) is 8.45. The molecule has 0 aliphatic carbocycles. The average molecular weight is 187 g/mol. The van der Waals surface area contributed by atoms with Crippen LogP contribution < -0.4 is 0 Å². The van der Waals surface area contributed by atoms with Gasteiger partial charge in [-0.3, -0.25) is 9.69 Å². The fraction of sp³-hybridized carbons (Fsp3) is 0.889. The van der Waals surface area contributed by atoms with Crippen molar-refractivity contribution in [3.05, 3.63) is 0 Å². The van der Waals surface area contributed by atoms with Gasteiger partial charge in [-0.05, 0) is 20.9 Å². The first-order valence-electron chi connectivity index (χ1n) is 4.59. The molecule has 13 heavy (non-hydrogen) atoms. The van der Waals surface area contributed by atoms with Crippen molar-refractivity contribution >= 4 is 5.97 Å². The van der Waals surface area contributed by atoms with Gasteiger partial charge >= 0.3 is 5.97 Å². The van der Waals surface area contributed by atoms with E-state index in [1.54, 1.807) is 0 Å². The first kappa shape index (κ1) is 10.5. The highest BCUT2D eigenvalue weighted by Crippen LogP contribution is 2.06. The van der Waals surface area contributed by atoms with Crippen LogP contribution in [0.3, 0.4) is 0 Å². The van der Waals surface area contributed by atoms with Crippen LogP contribution in [-0.4, -0.2) is 49.8 Å². The number of nitrogens with zero attached hydrogens (tertiary/aromatic N) is 1. The van der Waals surface area contributed by atoms with Crippen molar-refractivity contribution in [2.45, 2.75) is 26.0 Å². The SMILES string of the molecule is CC(C)OC(=O)C1COCCN1C. The van der Waals surface area contributed by atoms with Crippen LogP contribution in [0.2, 0.25) is 0 Å². The molecular formula is C9H17NO3. The van der Waals surface area contributed by atoms with Crippen LogP contribution in [0.15, 0.2) is 0 Å². The van der Waals surface area contributed by atoms with E-state index in [1.807, 2.05) is 25.8 Å². The highest BCUT2D eigenvalue weighted by molar-refractivity contribution is 5.76. The second kappa shape index (κ2) is 4.58. The van der Waals surface area contributed by atoms with E-state index in [9.17, 15) is 4.79 Å². The van der Waals surface area contributed by atoms with Crippen LogP contribution in [0.4, 0.5) is 0 Å². The molecule has 0 aromatic carbocycles. The number of ether oxygens (including phenoxy) is 2. The highest BCUT2D eigenvalue weighted by atomic mass is 16.5. The molecule has 1 fully saturated rings. The van der Waals surface area contributed by atoms with Gasteiger partial charge in [0.2, 0.25) is 0 Å². The molecule has 0 amide bonds. The molecule has 1 unspecified atom stereocenters. The largest absolute Gasteiger partial charge is 0.462 e. The molecule has 0 bridgehead atoms. The maximum Gasteiger partial charge on any atom is 0.326 e. The van der Waals surface area contributed by atoms with E-state index < -0.39 is 0 Å². The molecule has 0 spiro atoms. The van der Waals surface area contributed by atoms with Gasteiger partial charge in [0, 0.05) is 6.54 Å². The van der Waals surface area contributed by atoms with Crippen molar-refractivity contribution in [1.82, 2.24) is 4.90 Å².